The number of hydrogen-bond donors (Lipinski definition) is 1. The first kappa shape index (κ1) is 14.3. The van der Waals surface area contributed by atoms with Gasteiger partial charge in [0.15, 0.2) is 0 Å². The molecule has 2 fully saturated rings. The molecule has 1 aromatic carbocycles. The Kier molecular flexibility index (Phi) is 3.80. The molecule has 2 aliphatic rings. The zero-order valence-electron chi connectivity index (χ0n) is 11.4. The fraction of sp³-hybridized carbons (Fsp3) is 0.533. The zero-order chi connectivity index (χ0) is 15.0. The van der Waals surface area contributed by atoms with E-state index in [0.717, 1.165) is 12.8 Å². The molecular weight excluding hydrogens is 280 g/mol. The SMILES string of the molecule is O=C(c1ccc(OC(F)F)cc1)N1CC2CCC(O)C2C1. The minimum atomic E-state index is -2.87. The summed E-state index contributed by atoms with van der Waals surface area (Å²) < 4.78 is 28.4. The van der Waals surface area contributed by atoms with Gasteiger partial charge in [0.05, 0.1) is 6.10 Å². The van der Waals surface area contributed by atoms with Gasteiger partial charge in [0.2, 0.25) is 0 Å². The number of carbonyl (C=O) groups excluding carboxylic acids is 1. The highest BCUT2D eigenvalue weighted by atomic mass is 19.3. The summed E-state index contributed by atoms with van der Waals surface area (Å²) in [4.78, 5) is 14.1. The van der Waals surface area contributed by atoms with Crippen LogP contribution in [0.2, 0.25) is 0 Å². The number of ether oxygens (including phenoxy) is 1. The summed E-state index contributed by atoms with van der Waals surface area (Å²) in [5.74, 6) is 0.469. The van der Waals surface area contributed by atoms with Crippen LogP contribution in [0.5, 0.6) is 5.75 Å². The van der Waals surface area contributed by atoms with Crippen LogP contribution in [0.25, 0.3) is 0 Å². The fourth-order valence-electron chi connectivity index (χ4n) is 3.36. The van der Waals surface area contributed by atoms with Gasteiger partial charge in [-0.2, -0.15) is 8.78 Å². The summed E-state index contributed by atoms with van der Waals surface area (Å²) in [6.45, 7) is -1.64. The van der Waals surface area contributed by atoms with Crippen LogP contribution in [0.3, 0.4) is 0 Å². The largest absolute Gasteiger partial charge is 0.435 e. The van der Waals surface area contributed by atoms with Gasteiger partial charge in [0.25, 0.3) is 5.91 Å². The maximum Gasteiger partial charge on any atom is 0.387 e. The molecule has 1 saturated heterocycles. The predicted octanol–water partition coefficient (Wildman–Crippen LogP) is 2.13. The molecule has 0 bridgehead atoms. The number of amides is 1. The Morgan fingerprint density at radius 2 is 1.95 bits per heavy atom. The number of likely N-dealkylation sites (tertiary alicyclic amines) is 1. The highest BCUT2D eigenvalue weighted by Gasteiger charge is 2.43. The zero-order valence-corrected chi connectivity index (χ0v) is 11.4. The molecule has 3 atom stereocenters. The van der Waals surface area contributed by atoms with Gasteiger partial charge in [-0.25, -0.2) is 0 Å². The van der Waals surface area contributed by atoms with Crippen LogP contribution < -0.4 is 4.74 Å². The summed E-state index contributed by atoms with van der Waals surface area (Å²) >= 11 is 0. The maximum atomic E-state index is 12.4. The Morgan fingerprint density at radius 1 is 1.24 bits per heavy atom. The number of nitrogens with zero attached hydrogens (tertiary/aromatic N) is 1. The second kappa shape index (κ2) is 5.60. The lowest BCUT2D eigenvalue weighted by Gasteiger charge is -2.18. The molecule has 1 amide bonds. The van der Waals surface area contributed by atoms with Crippen molar-refractivity contribution in [1.29, 1.82) is 0 Å². The lowest BCUT2D eigenvalue weighted by molar-refractivity contribution is -0.0498. The van der Waals surface area contributed by atoms with Crippen molar-refractivity contribution in [2.24, 2.45) is 11.8 Å². The minimum Gasteiger partial charge on any atom is -0.435 e. The van der Waals surface area contributed by atoms with E-state index in [4.69, 9.17) is 0 Å². The van der Waals surface area contributed by atoms with Gasteiger partial charge in [-0.15, -0.1) is 0 Å². The van der Waals surface area contributed by atoms with E-state index in [0.29, 0.717) is 24.6 Å². The Morgan fingerprint density at radius 3 is 2.57 bits per heavy atom. The molecule has 1 saturated carbocycles. The van der Waals surface area contributed by atoms with Crippen LogP contribution in [0, 0.1) is 11.8 Å². The molecule has 3 rings (SSSR count). The van der Waals surface area contributed by atoms with E-state index in [9.17, 15) is 18.7 Å². The van der Waals surface area contributed by atoms with Crippen molar-refractivity contribution in [3.63, 3.8) is 0 Å². The van der Waals surface area contributed by atoms with Crippen LogP contribution in [-0.2, 0) is 0 Å². The minimum absolute atomic E-state index is 0.0373. The highest BCUT2D eigenvalue weighted by Crippen LogP contribution is 2.38. The van der Waals surface area contributed by atoms with Gasteiger partial charge in [0, 0.05) is 24.6 Å². The van der Waals surface area contributed by atoms with Gasteiger partial charge in [-0.05, 0) is 43.0 Å². The molecular formula is C15H17F2NO3. The molecule has 1 heterocycles. The quantitative estimate of drug-likeness (QED) is 0.930. The third-order valence-electron chi connectivity index (χ3n) is 4.43. The van der Waals surface area contributed by atoms with Crippen molar-refractivity contribution in [3.8, 4) is 5.75 Å². The Labute approximate surface area is 121 Å². The number of benzene rings is 1. The summed E-state index contributed by atoms with van der Waals surface area (Å²) in [5, 5.41) is 9.86. The molecule has 21 heavy (non-hydrogen) atoms. The fourth-order valence-corrected chi connectivity index (χ4v) is 3.36. The van der Waals surface area contributed by atoms with Crippen molar-refractivity contribution in [2.75, 3.05) is 13.1 Å². The van der Waals surface area contributed by atoms with E-state index in [1.54, 1.807) is 4.90 Å². The molecule has 0 spiro atoms. The molecule has 3 unspecified atom stereocenters. The highest BCUT2D eigenvalue weighted by molar-refractivity contribution is 5.94. The number of fused-ring (bicyclic) bond motifs is 1. The van der Waals surface area contributed by atoms with E-state index in [-0.39, 0.29) is 23.7 Å². The van der Waals surface area contributed by atoms with E-state index in [1.165, 1.54) is 24.3 Å². The Hall–Kier alpha value is -1.69. The summed E-state index contributed by atoms with van der Waals surface area (Å²) in [6.07, 6.45) is 1.46. The molecule has 1 aliphatic heterocycles. The van der Waals surface area contributed by atoms with E-state index < -0.39 is 6.61 Å². The third kappa shape index (κ3) is 2.85. The van der Waals surface area contributed by atoms with Crippen LogP contribution in [0.4, 0.5) is 8.78 Å². The smallest absolute Gasteiger partial charge is 0.387 e. The normalized spacial score (nSPS) is 28.0. The Balaban J connectivity index is 1.66. The summed E-state index contributed by atoms with van der Waals surface area (Å²) in [7, 11) is 0. The molecule has 6 heteroatoms. The molecule has 1 N–H and O–H groups in total. The van der Waals surface area contributed by atoms with Crippen molar-refractivity contribution in [3.05, 3.63) is 29.8 Å². The molecule has 0 radical (unpaired) electrons. The molecule has 1 aliphatic carbocycles. The number of alkyl halides is 2. The van der Waals surface area contributed by atoms with Crippen molar-refractivity contribution in [1.82, 2.24) is 4.90 Å². The average molecular weight is 297 g/mol. The van der Waals surface area contributed by atoms with Crippen molar-refractivity contribution >= 4 is 5.91 Å². The lowest BCUT2D eigenvalue weighted by atomic mass is 10.00. The monoisotopic (exact) mass is 297 g/mol. The average Bonchev–Trinajstić information content (AvgIpc) is 3.01. The summed E-state index contributed by atoms with van der Waals surface area (Å²) in [6, 6.07) is 5.71. The first-order valence-corrected chi connectivity index (χ1v) is 7.07. The van der Waals surface area contributed by atoms with Crippen LogP contribution in [-0.4, -0.2) is 41.7 Å². The van der Waals surface area contributed by atoms with E-state index in [2.05, 4.69) is 4.74 Å². The van der Waals surface area contributed by atoms with Crippen molar-refractivity contribution < 1.29 is 23.4 Å². The summed E-state index contributed by atoms with van der Waals surface area (Å²) in [5.41, 5.74) is 0.450. The molecule has 4 nitrogen and oxygen atoms in total. The number of hydrogen-bond acceptors (Lipinski definition) is 3. The standard InChI is InChI=1S/C15H17F2NO3/c16-15(17)21-11-4-1-9(2-5-11)14(20)18-7-10-3-6-13(19)12(10)8-18/h1-2,4-5,10,12-13,15,19H,3,6-8H2. The topological polar surface area (TPSA) is 49.8 Å². The number of carbonyl (C=O) groups is 1. The second-order valence-electron chi connectivity index (χ2n) is 5.68. The molecule has 1 aromatic rings. The maximum absolute atomic E-state index is 12.4. The van der Waals surface area contributed by atoms with Crippen LogP contribution in [0.1, 0.15) is 23.2 Å². The van der Waals surface area contributed by atoms with E-state index >= 15 is 0 Å². The predicted molar refractivity (Wildman–Crippen MR) is 71.2 cm³/mol. The Bertz CT molecular complexity index is 520. The van der Waals surface area contributed by atoms with Gasteiger partial charge in [-0.3, -0.25) is 4.79 Å². The first-order valence-electron chi connectivity index (χ1n) is 7.07. The van der Waals surface area contributed by atoms with Gasteiger partial charge >= 0.3 is 6.61 Å². The third-order valence-corrected chi connectivity index (χ3v) is 4.43. The number of aliphatic hydroxyl groups excluding tert-OH is 1. The van der Waals surface area contributed by atoms with Gasteiger partial charge < -0.3 is 14.7 Å². The molecule has 114 valence electrons. The second-order valence-corrected chi connectivity index (χ2v) is 5.68. The van der Waals surface area contributed by atoms with E-state index in [1.807, 2.05) is 0 Å². The first-order chi connectivity index (χ1) is 10.0. The number of aliphatic hydroxyl groups is 1. The van der Waals surface area contributed by atoms with Gasteiger partial charge in [0.1, 0.15) is 5.75 Å². The lowest BCUT2D eigenvalue weighted by Crippen LogP contribution is -2.31. The van der Waals surface area contributed by atoms with Crippen molar-refractivity contribution in [2.45, 2.75) is 25.6 Å². The molecule has 0 aromatic heterocycles. The van der Waals surface area contributed by atoms with Crippen LogP contribution >= 0.6 is 0 Å². The number of rotatable bonds is 3. The van der Waals surface area contributed by atoms with Gasteiger partial charge in [-0.1, -0.05) is 0 Å². The van der Waals surface area contributed by atoms with Crippen LogP contribution in [0.15, 0.2) is 24.3 Å². The number of halogens is 2.